The van der Waals surface area contributed by atoms with Gasteiger partial charge < -0.3 is 38.3 Å². The van der Waals surface area contributed by atoms with Crippen molar-refractivity contribution in [2.24, 2.45) is 28.1 Å². The van der Waals surface area contributed by atoms with Crippen molar-refractivity contribution in [2.45, 2.75) is 97.2 Å². The monoisotopic (exact) mass is 710 g/mol. The smallest absolute Gasteiger partial charge is 0.338 e. The van der Waals surface area contributed by atoms with Crippen molar-refractivity contribution in [3.05, 3.63) is 71.2 Å². The molecule has 0 spiro atoms. The fourth-order valence-corrected chi connectivity index (χ4v) is 10.5. The van der Waals surface area contributed by atoms with Crippen LogP contribution in [0.1, 0.15) is 82.6 Å². The molecule has 2 heterocycles. The zero-order valence-electron chi connectivity index (χ0n) is 30.6. The van der Waals surface area contributed by atoms with E-state index in [1.165, 1.54) is 21.0 Å². The second-order valence-electron chi connectivity index (χ2n) is 15.0. The quantitative estimate of drug-likeness (QED) is 0.195. The van der Waals surface area contributed by atoms with Crippen LogP contribution in [-0.4, -0.2) is 80.7 Å². The lowest BCUT2D eigenvalue weighted by molar-refractivity contribution is -0.256. The fourth-order valence-electron chi connectivity index (χ4n) is 10.5. The number of carbonyl (C=O) groups is 4. The number of ether oxygens (including phenoxy) is 6. The third kappa shape index (κ3) is 6.08. The molecule has 2 N–H and O–H groups in total. The topological polar surface area (TPSA) is 168 Å². The maximum atomic E-state index is 14.1. The van der Waals surface area contributed by atoms with Gasteiger partial charge in [0.25, 0.3) is 0 Å². The van der Waals surface area contributed by atoms with Crippen LogP contribution in [0.3, 0.4) is 0 Å². The molecule has 3 fully saturated rings. The summed E-state index contributed by atoms with van der Waals surface area (Å²) in [6, 6.07) is 10.7. The minimum Gasteiger partial charge on any atom is -0.472 e. The number of allylic oxidation sites excluding steroid dienone is 1. The lowest BCUT2D eigenvalue weighted by atomic mass is 9.39. The maximum Gasteiger partial charge on any atom is 0.338 e. The number of methoxy groups -OCH3 is 2. The summed E-state index contributed by atoms with van der Waals surface area (Å²) in [7, 11) is 3.00. The summed E-state index contributed by atoms with van der Waals surface area (Å²) in [6.07, 6.45) is 0.513. The summed E-state index contributed by atoms with van der Waals surface area (Å²) >= 11 is 0. The molecule has 6 rings (SSSR count). The molecule has 1 saturated heterocycles. The molecule has 0 unspecified atom stereocenters. The molecule has 3 aliphatic carbocycles. The molecule has 278 valence electrons. The van der Waals surface area contributed by atoms with Gasteiger partial charge in [-0.25, -0.2) is 4.79 Å². The zero-order valence-corrected chi connectivity index (χ0v) is 30.6. The van der Waals surface area contributed by atoms with Gasteiger partial charge in [0.15, 0.2) is 0 Å². The van der Waals surface area contributed by atoms with Crippen molar-refractivity contribution in [1.29, 1.82) is 0 Å². The first-order valence-electron chi connectivity index (χ1n) is 17.3. The molecule has 0 amide bonds. The van der Waals surface area contributed by atoms with E-state index >= 15 is 0 Å². The summed E-state index contributed by atoms with van der Waals surface area (Å²) in [6.45, 7) is 11.0. The number of hydrogen-bond acceptors (Lipinski definition) is 11. The Kier molecular flexibility index (Phi) is 10.6. The number of hydrogen-bond donors (Lipinski definition) is 0. The van der Waals surface area contributed by atoms with E-state index in [1.54, 1.807) is 43.9 Å². The Hall–Kier alpha value is -4.00. The molecular formula is C39H50O12. The third-order valence-corrected chi connectivity index (χ3v) is 12.5. The Morgan fingerprint density at radius 2 is 1.57 bits per heavy atom. The van der Waals surface area contributed by atoms with Crippen LogP contribution in [0, 0.1) is 28.1 Å². The van der Waals surface area contributed by atoms with Gasteiger partial charge in [-0.05, 0) is 48.6 Å². The molecule has 12 heteroatoms. The summed E-state index contributed by atoms with van der Waals surface area (Å²) in [5.74, 6) is -3.16. The van der Waals surface area contributed by atoms with Gasteiger partial charge in [-0.1, -0.05) is 44.5 Å². The summed E-state index contributed by atoms with van der Waals surface area (Å²) in [4.78, 5) is 53.1. The van der Waals surface area contributed by atoms with E-state index in [0.717, 1.165) is 16.7 Å². The van der Waals surface area contributed by atoms with Gasteiger partial charge in [0.2, 0.25) is 0 Å². The molecule has 1 aliphatic heterocycles. The van der Waals surface area contributed by atoms with Crippen LogP contribution < -0.4 is 0 Å². The highest BCUT2D eigenvalue weighted by molar-refractivity contribution is 5.89. The summed E-state index contributed by atoms with van der Waals surface area (Å²) < 4.78 is 42.7. The van der Waals surface area contributed by atoms with Crippen molar-refractivity contribution in [2.75, 3.05) is 20.8 Å². The largest absolute Gasteiger partial charge is 0.472 e. The first-order chi connectivity index (χ1) is 23.7. The minimum absolute atomic E-state index is 0. The highest BCUT2D eigenvalue weighted by Crippen LogP contribution is 2.72. The van der Waals surface area contributed by atoms with Crippen LogP contribution in [0.25, 0.3) is 0 Å². The molecule has 11 atom stereocenters. The van der Waals surface area contributed by atoms with Gasteiger partial charge >= 0.3 is 23.9 Å². The first-order valence-corrected chi connectivity index (χ1v) is 17.3. The van der Waals surface area contributed by atoms with Crippen molar-refractivity contribution in [3.63, 3.8) is 0 Å². The fraction of sp³-hybridized carbons (Fsp3) is 0.590. The van der Waals surface area contributed by atoms with Crippen LogP contribution in [0.4, 0.5) is 0 Å². The van der Waals surface area contributed by atoms with Gasteiger partial charge in [0.05, 0.1) is 44.0 Å². The molecule has 51 heavy (non-hydrogen) atoms. The van der Waals surface area contributed by atoms with Gasteiger partial charge in [-0.3, -0.25) is 14.4 Å². The van der Waals surface area contributed by atoms with Crippen LogP contribution in [-0.2, 0) is 42.8 Å². The Labute approximate surface area is 298 Å². The average Bonchev–Trinajstić information content (AvgIpc) is 3.82. The molecule has 2 aromatic rings. The predicted octanol–water partition coefficient (Wildman–Crippen LogP) is 4.99. The Bertz CT molecular complexity index is 1650. The number of carbonyl (C=O) groups excluding carboxylic acids is 4. The lowest BCUT2D eigenvalue weighted by Crippen LogP contribution is -2.72. The molecule has 0 radical (unpaired) electrons. The van der Waals surface area contributed by atoms with Crippen molar-refractivity contribution in [3.8, 4) is 0 Å². The molecule has 12 nitrogen and oxygen atoms in total. The summed E-state index contributed by atoms with van der Waals surface area (Å²) in [5.41, 5.74) is 0.391. The van der Waals surface area contributed by atoms with E-state index in [4.69, 9.17) is 32.8 Å². The Morgan fingerprint density at radius 3 is 2.16 bits per heavy atom. The number of furan rings is 1. The Morgan fingerprint density at radius 1 is 0.902 bits per heavy atom. The van der Waals surface area contributed by atoms with E-state index in [1.807, 2.05) is 32.9 Å². The van der Waals surface area contributed by atoms with Gasteiger partial charge in [-0.2, -0.15) is 0 Å². The number of benzene rings is 1. The van der Waals surface area contributed by atoms with Crippen LogP contribution in [0.15, 0.2) is 64.5 Å². The maximum absolute atomic E-state index is 14.1. The predicted molar refractivity (Wildman–Crippen MR) is 182 cm³/mol. The van der Waals surface area contributed by atoms with Gasteiger partial charge in [-0.15, -0.1) is 0 Å². The summed E-state index contributed by atoms with van der Waals surface area (Å²) in [5, 5.41) is 0. The molecule has 0 bridgehead atoms. The highest BCUT2D eigenvalue weighted by Gasteiger charge is 2.77. The van der Waals surface area contributed by atoms with Crippen molar-refractivity contribution < 1.29 is 57.5 Å². The Balaban J connectivity index is 0.00000504. The average molecular weight is 711 g/mol. The second kappa shape index (κ2) is 14.2. The van der Waals surface area contributed by atoms with Crippen LogP contribution in [0.2, 0.25) is 0 Å². The van der Waals surface area contributed by atoms with Crippen molar-refractivity contribution >= 4 is 23.9 Å². The van der Waals surface area contributed by atoms with Crippen LogP contribution >= 0.6 is 0 Å². The lowest BCUT2D eigenvalue weighted by Gasteiger charge is -2.66. The zero-order chi connectivity index (χ0) is 36.2. The molecule has 4 aliphatic rings. The van der Waals surface area contributed by atoms with Crippen LogP contribution in [0.5, 0.6) is 0 Å². The standard InChI is InChI=1S/C39H48O11.H2O/c1-21-26(25-14-15-46-19-25)16-27(44-7)32(21)39(6)28(17-31(42)45-8)38(5)30(49-23(3)41)18-29(48-22(2)40)37(4)20-47-33(34(37)38)35(39)50-36(43)24-12-10-9-11-13-24;/h9-15,19,26-30,33-35H,16-18,20H2,1-8H3;1H2/t26-,27-,28-,29-,30+,33-,34+,35-,37-,38+,39-;/m1./s1. The molecule has 1 aromatic heterocycles. The van der Waals surface area contributed by atoms with E-state index < -0.39 is 82.5 Å². The minimum atomic E-state index is -1.12. The number of rotatable bonds is 9. The van der Waals surface area contributed by atoms with Crippen molar-refractivity contribution in [1.82, 2.24) is 0 Å². The van der Waals surface area contributed by atoms with Gasteiger partial charge in [0.1, 0.15) is 18.3 Å². The first kappa shape index (κ1) is 38.2. The SMILES string of the molecule is COC(=O)C[C@H]1[C@](C)(C2=C(C)[C@H](c3ccoc3)C[C@H]2OC)[C@H](OC(=O)c2ccccc2)[C@@H]2OC[C@]3(C)[C@H](OC(C)=O)C[C@H](OC(C)=O)[C@@]1(C)[C@@H]23.O. The highest BCUT2D eigenvalue weighted by atomic mass is 16.6. The second-order valence-corrected chi connectivity index (χ2v) is 15.0. The molecular weight excluding hydrogens is 660 g/mol. The molecule has 1 aromatic carbocycles. The van der Waals surface area contributed by atoms with Gasteiger partial charge in [0, 0.05) is 61.9 Å². The van der Waals surface area contributed by atoms with E-state index in [9.17, 15) is 19.2 Å². The van der Waals surface area contributed by atoms with E-state index in [2.05, 4.69) is 6.92 Å². The normalized spacial score (nSPS) is 36.8. The third-order valence-electron chi connectivity index (χ3n) is 12.5. The van der Waals surface area contributed by atoms with E-state index in [-0.39, 0.29) is 30.8 Å². The van der Waals surface area contributed by atoms with E-state index in [0.29, 0.717) is 12.0 Å². The molecule has 2 saturated carbocycles. The number of esters is 4.